The van der Waals surface area contributed by atoms with E-state index in [1.807, 2.05) is 26.1 Å². The van der Waals surface area contributed by atoms with Crippen molar-refractivity contribution in [2.24, 2.45) is 10.7 Å². The number of pyridine rings is 1. The number of nitrogens with two attached hydrogens (primary N) is 1. The van der Waals surface area contributed by atoms with Crippen LogP contribution in [0.3, 0.4) is 0 Å². The van der Waals surface area contributed by atoms with Crippen LogP contribution in [0.2, 0.25) is 0 Å². The molecule has 0 unspecified atom stereocenters. The summed E-state index contributed by atoms with van der Waals surface area (Å²) in [5.41, 5.74) is 8.98. The smallest absolute Gasteiger partial charge is 0.189 e. The Morgan fingerprint density at radius 1 is 1.62 bits per heavy atom. The number of aliphatic imine (C=N–C) groups is 1. The maximum Gasteiger partial charge on any atom is 0.189 e. The summed E-state index contributed by atoms with van der Waals surface area (Å²) in [6.07, 6.45) is 3.58. The Labute approximate surface area is 96.3 Å². The van der Waals surface area contributed by atoms with Crippen molar-refractivity contribution in [3.63, 3.8) is 0 Å². The van der Waals surface area contributed by atoms with Crippen LogP contribution in [0.1, 0.15) is 18.1 Å². The first-order valence-electron chi connectivity index (χ1n) is 5.17. The van der Waals surface area contributed by atoms with Gasteiger partial charge in [0.15, 0.2) is 5.96 Å². The van der Waals surface area contributed by atoms with Crippen LogP contribution in [-0.2, 0) is 6.54 Å². The zero-order valence-electron chi connectivity index (χ0n) is 9.83. The zero-order valence-corrected chi connectivity index (χ0v) is 9.83. The first-order valence-corrected chi connectivity index (χ1v) is 5.17. The molecule has 0 aliphatic heterocycles. The van der Waals surface area contributed by atoms with Crippen molar-refractivity contribution < 1.29 is 0 Å². The summed E-state index contributed by atoms with van der Waals surface area (Å²) in [6.45, 7) is 8.95. The average Bonchev–Trinajstić information content (AvgIpc) is 2.25. The lowest BCUT2D eigenvalue weighted by Gasteiger charge is -2.05. The van der Waals surface area contributed by atoms with E-state index in [-0.39, 0.29) is 0 Å². The largest absolute Gasteiger partial charge is 0.370 e. The molecule has 0 radical (unpaired) electrons. The van der Waals surface area contributed by atoms with E-state index in [2.05, 4.69) is 21.9 Å². The van der Waals surface area contributed by atoms with Crippen LogP contribution >= 0.6 is 0 Å². The Morgan fingerprint density at radius 2 is 2.38 bits per heavy atom. The lowest BCUT2D eigenvalue weighted by Crippen LogP contribution is -2.32. The second-order valence-electron chi connectivity index (χ2n) is 3.81. The molecule has 4 heteroatoms. The van der Waals surface area contributed by atoms with Crippen molar-refractivity contribution in [1.82, 2.24) is 10.3 Å². The predicted octanol–water partition coefficient (Wildman–Crippen LogP) is 1.37. The van der Waals surface area contributed by atoms with E-state index in [9.17, 15) is 0 Å². The highest BCUT2D eigenvalue weighted by Gasteiger charge is 1.97. The van der Waals surface area contributed by atoms with Crippen molar-refractivity contribution in [2.75, 3.05) is 6.54 Å². The minimum Gasteiger partial charge on any atom is -0.370 e. The molecule has 0 atom stereocenters. The quantitative estimate of drug-likeness (QED) is 0.456. The van der Waals surface area contributed by atoms with Crippen molar-refractivity contribution in [3.05, 3.63) is 41.7 Å². The van der Waals surface area contributed by atoms with Crippen LogP contribution in [-0.4, -0.2) is 17.5 Å². The van der Waals surface area contributed by atoms with Gasteiger partial charge in [0.2, 0.25) is 0 Å². The molecular weight excluding hydrogens is 200 g/mol. The van der Waals surface area contributed by atoms with Crippen LogP contribution in [0.5, 0.6) is 0 Å². The van der Waals surface area contributed by atoms with E-state index in [0.29, 0.717) is 19.0 Å². The summed E-state index contributed by atoms with van der Waals surface area (Å²) in [7, 11) is 0. The highest BCUT2D eigenvalue weighted by atomic mass is 15.1. The highest BCUT2D eigenvalue weighted by molar-refractivity contribution is 5.78. The van der Waals surface area contributed by atoms with Gasteiger partial charge in [-0.15, -0.1) is 0 Å². The van der Waals surface area contributed by atoms with Gasteiger partial charge in [-0.3, -0.25) is 4.98 Å². The zero-order chi connectivity index (χ0) is 12.0. The van der Waals surface area contributed by atoms with Crippen molar-refractivity contribution >= 4 is 5.96 Å². The molecule has 0 spiro atoms. The standard InChI is InChI=1S/C12H18N4/c1-9(2)6-15-12(13)16-8-11-7-14-5-4-10(11)3/h4-5,7H,1,6,8H2,2-3H3,(H3,13,15,16). The van der Waals surface area contributed by atoms with Gasteiger partial charge in [0, 0.05) is 18.9 Å². The predicted molar refractivity (Wildman–Crippen MR) is 67.1 cm³/mol. The molecule has 86 valence electrons. The number of rotatable bonds is 4. The Kier molecular flexibility index (Phi) is 4.51. The first kappa shape index (κ1) is 12.2. The van der Waals surface area contributed by atoms with E-state index in [1.165, 1.54) is 5.56 Å². The maximum atomic E-state index is 5.70. The molecule has 0 saturated heterocycles. The molecular formula is C12H18N4. The van der Waals surface area contributed by atoms with Crippen LogP contribution in [0, 0.1) is 6.92 Å². The summed E-state index contributed by atoms with van der Waals surface area (Å²) in [4.78, 5) is 8.28. The molecule has 0 bridgehead atoms. The third-order valence-corrected chi connectivity index (χ3v) is 2.14. The Bertz CT molecular complexity index is 396. The average molecular weight is 218 g/mol. The molecule has 0 saturated carbocycles. The van der Waals surface area contributed by atoms with Gasteiger partial charge < -0.3 is 11.1 Å². The molecule has 0 fully saturated rings. The lowest BCUT2D eigenvalue weighted by molar-refractivity contribution is 0.933. The molecule has 1 heterocycles. The number of hydrogen-bond acceptors (Lipinski definition) is 2. The van der Waals surface area contributed by atoms with E-state index in [0.717, 1.165) is 11.1 Å². The van der Waals surface area contributed by atoms with Gasteiger partial charge in [0.25, 0.3) is 0 Å². The number of guanidine groups is 1. The van der Waals surface area contributed by atoms with Crippen LogP contribution in [0.25, 0.3) is 0 Å². The second-order valence-corrected chi connectivity index (χ2v) is 3.81. The minimum atomic E-state index is 0.436. The first-order chi connectivity index (χ1) is 7.59. The lowest BCUT2D eigenvalue weighted by atomic mass is 10.2. The minimum absolute atomic E-state index is 0.436. The third-order valence-electron chi connectivity index (χ3n) is 2.14. The second kappa shape index (κ2) is 5.90. The van der Waals surface area contributed by atoms with Gasteiger partial charge in [-0.25, -0.2) is 4.99 Å². The fourth-order valence-electron chi connectivity index (χ4n) is 1.13. The number of hydrogen-bond donors (Lipinski definition) is 2. The maximum absolute atomic E-state index is 5.70. The summed E-state index contributed by atoms with van der Waals surface area (Å²) in [5, 5.41) is 2.98. The summed E-state index contributed by atoms with van der Waals surface area (Å²) in [5.74, 6) is 0.436. The Balaban J connectivity index is 2.52. The van der Waals surface area contributed by atoms with Gasteiger partial charge in [0.1, 0.15) is 0 Å². The SMILES string of the molecule is C=C(C)CNC(N)=NCc1cnccc1C. The molecule has 0 amide bonds. The summed E-state index contributed by atoms with van der Waals surface area (Å²) in [6, 6.07) is 1.96. The molecule has 1 aromatic heterocycles. The highest BCUT2D eigenvalue weighted by Crippen LogP contribution is 2.05. The summed E-state index contributed by atoms with van der Waals surface area (Å²) >= 11 is 0. The molecule has 0 aliphatic rings. The van der Waals surface area contributed by atoms with Gasteiger partial charge in [0.05, 0.1) is 6.54 Å². The fourth-order valence-corrected chi connectivity index (χ4v) is 1.13. The fraction of sp³-hybridized carbons (Fsp3) is 0.333. The van der Waals surface area contributed by atoms with E-state index >= 15 is 0 Å². The number of aryl methyl sites for hydroxylation is 1. The van der Waals surface area contributed by atoms with Crippen molar-refractivity contribution in [3.8, 4) is 0 Å². The van der Waals surface area contributed by atoms with Gasteiger partial charge in [-0.1, -0.05) is 12.2 Å². The molecule has 3 N–H and O–H groups in total. The van der Waals surface area contributed by atoms with Crippen molar-refractivity contribution in [2.45, 2.75) is 20.4 Å². The summed E-state index contributed by atoms with van der Waals surface area (Å²) < 4.78 is 0. The molecule has 16 heavy (non-hydrogen) atoms. The Hall–Kier alpha value is -1.84. The topological polar surface area (TPSA) is 63.3 Å². The van der Waals surface area contributed by atoms with E-state index in [4.69, 9.17) is 5.73 Å². The van der Waals surface area contributed by atoms with Gasteiger partial charge >= 0.3 is 0 Å². The molecule has 4 nitrogen and oxygen atoms in total. The van der Waals surface area contributed by atoms with E-state index in [1.54, 1.807) is 6.20 Å². The molecule has 1 aromatic rings. The molecule has 1 rings (SSSR count). The number of nitrogens with zero attached hydrogens (tertiary/aromatic N) is 2. The Morgan fingerprint density at radius 3 is 3.00 bits per heavy atom. The van der Waals surface area contributed by atoms with Crippen LogP contribution < -0.4 is 11.1 Å². The monoisotopic (exact) mass is 218 g/mol. The molecule has 0 aromatic carbocycles. The van der Waals surface area contributed by atoms with Crippen LogP contribution in [0.15, 0.2) is 35.6 Å². The van der Waals surface area contributed by atoms with Gasteiger partial charge in [-0.05, 0) is 31.0 Å². The van der Waals surface area contributed by atoms with Gasteiger partial charge in [-0.2, -0.15) is 0 Å². The number of nitrogens with one attached hydrogen (secondary N) is 1. The third kappa shape index (κ3) is 4.13. The van der Waals surface area contributed by atoms with Crippen molar-refractivity contribution in [1.29, 1.82) is 0 Å². The van der Waals surface area contributed by atoms with E-state index < -0.39 is 0 Å². The molecule has 0 aliphatic carbocycles. The number of aromatic nitrogens is 1. The van der Waals surface area contributed by atoms with Crippen LogP contribution in [0.4, 0.5) is 0 Å². The normalized spacial score (nSPS) is 11.2.